The summed E-state index contributed by atoms with van der Waals surface area (Å²) in [5.74, 6) is 2.65. The first-order valence-electron chi connectivity index (χ1n) is 8.04. The average Bonchev–Trinajstić information content (AvgIpc) is 3.28. The molecule has 22 heavy (non-hydrogen) atoms. The predicted octanol–water partition coefficient (Wildman–Crippen LogP) is 2.48. The molecule has 2 aromatic rings. The smallest absolute Gasteiger partial charge is 0.114 e. The minimum atomic E-state index is 0.489. The molecule has 0 aromatic carbocycles. The Bertz CT molecular complexity index is 600. The molecule has 2 saturated heterocycles. The molecular formula is C16H21N5S. The second-order valence-electron chi connectivity index (χ2n) is 6.11. The van der Waals surface area contributed by atoms with Gasteiger partial charge in [-0.1, -0.05) is 5.21 Å². The van der Waals surface area contributed by atoms with E-state index < -0.39 is 0 Å². The van der Waals surface area contributed by atoms with Gasteiger partial charge in [-0.3, -0.25) is 9.88 Å². The lowest BCUT2D eigenvalue weighted by Crippen LogP contribution is -2.42. The quantitative estimate of drug-likeness (QED) is 0.871. The van der Waals surface area contributed by atoms with Crippen LogP contribution >= 0.6 is 11.8 Å². The molecule has 0 radical (unpaired) electrons. The molecule has 4 rings (SSSR count). The van der Waals surface area contributed by atoms with E-state index in [2.05, 4.69) is 42.8 Å². The highest BCUT2D eigenvalue weighted by molar-refractivity contribution is 7.99. The Labute approximate surface area is 135 Å². The lowest BCUT2D eigenvalue weighted by atomic mass is 10.0. The van der Waals surface area contributed by atoms with Crippen LogP contribution in [0, 0.1) is 0 Å². The van der Waals surface area contributed by atoms with E-state index in [1.165, 1.54) is 43.9 Å². The molecule has 1 atom stereocenters. The molecule has 6 heteroatoms. The largest absolute Gasteiger partial charge is 0.299 e. The van der Waals surface area contributed by atoms with Crippen molar-refractivity contribution < 1.29 is 0 Å². The van der Waals surface area contributed by atoms with Crippen LogP contribution in [0.5, 0.6) is 0 Å². The highest BCUT2D eigenvalue weighted by atomic mass is 32.2. The first-order valence-corrected chi connectivity index (χ1v) is 9.19. The fraction of sp³-hybridized carbons (Fsp3) is 0.562. The zero-order valence-corrected chi connectivity index (χ0v) is 13.5. The molecular weight excluding hydrogens is 294 g/mol. The summed E-state index contributed by atoms with van der Waals surface area (Å²) in [7, 11) is 0. The van der Waals surface area contributed by atoms with Crippen molar-refractivity contribution >= 4 is 11.8 Å². The summed E-state index contributed by atoms with van der Waals surface area (Å²) in [6.07, 6.45) is 9.42. The standard InChI is InChI=1S/C16H21N5S/c1-2-13(10-17-6-1)16-11-21(19-18-16)14-3-7-20(8-4-14)15-5-9-22-12-15/h1-2,6,10-11,14-15H,3-5,7-9,12H2. The van der Waals surface area contributed by atoms with Crippen LogP contribution in [0.15, 0.2) is 30.7 Å². The molecule has 0 amide bonds. The number of thioether (sulfide) groups is 1. The second kappa shape index (κ2) is 6.38. The summed E-state index contributed by atoms with van der Waals surface area (Å²) in [5, 5.41) is 8.67. The van der Waals surface area contributed by atoms with Crippen LogP contribution in [0.1, 0.15) is 25.3 Å². The molecule has 0 bridgehead atoms. The van der Waals surface area contributed by atoms with E-state index in [9.17, 15) is 0 Å². The topological polar surface area (TPSA) is 46.8 Å². The number of piperidine rings is 1. The lowest BCUT2D eigenvalue weighted by Gasteiger charge is -2.35. The molecule has 0 spiro atoms. The molecule has 2 aliphatic heterocycles. The van der Waals surface area contributed by atoms with E-state index >= 15 is 0 Å². The highest BCUT2D eigenvalue weighted by Gasteiger charge is 2.28. The van der Waals surface area contributed by atoms with Gasteiger partial charge in [0.2, 0.25) is 0 Å². The first kappa shape index (κ1) is 14.2. The van der Waals surface area contributed by atoms with Crippen molar-refractivity contribution in [2.75, 3.05) is 24.6 Å². The third-order valence-electron chi connectivity index (χ3n) is 4.76. The molecule has 5 nitrogen and oxygen atoms in total. The van der Waals surface area contributed by atoms with Gasteiger partial charge in [-0.2, -0.15) is 11.8 Å². The minimum absolute atomic E-state index is 0.489. The summed E-state index contributed by atoms with van der Waals surface area (Å²) in [4.78, 5) is 6.83. The van der Waals surface area contributed by atoms with Gasteiger partial charge in [-0.25, -0.2) is 4.68 Å². The summed E-state index contributed by atoms with van der Waals surface area (Å²) in [5.41, 5.74) is 1.96. The fourth-order valence-corrected chi connectivity index (χ4v) is 4.68. The molecule has 0 saturated carbocycles. The summed E-state index contributed by atoms with van der Waals surface area (Å²) in [6, 6.07) is 5.27. The third kappa shape index (κ3) is 2.90. The van der Waals surface area contributed by atoms with Gasteiger partial charge in [0.15, 0.2) is 0 Å². The number of rotatable bonds is 3. The Hall–Kier alpha value is -1.40. The SMILES string of the molecule is c1cncc(-c2cn(C3CCN(C4CCSC4)CC3)nn2)c1. The van der Waals surface area contributed by atoms with Crippen LogP contribution in [0.25, 0.3) is 11.3 Å². The van der Waals surface area contributed by atoms with Gasteiger partial charge in [-0.15, -0.1) is 5.10 Å². The van der Waals surface area contributed by atoms with Crippen molar-refractivity contribution in [2.24, 2.45) is 0 Å². The maximum Gasteiger partial charge on any atom is 0.114 e. The van der Waals surface area contributed by atoms with Crippen molar-refractivity contribution in [3.8, 4) is 11.3 Å². The second-order valence-corrected chi connectivity index (χ2v) is 7.26. The van der Waals surface area contributed by atoms with E-state index in [1.807, 2.05) is 18.3 Å². The Balaban J connectivity index is 1.40. The zero-order chi connectivity index (χ0) is 14.8. The van der Waals surface area contributed by atoms with Gasteiger partial charge in [0.25, 0.3) is 0 Å². The Morgan fingerprint density at radius 2 is 2.05 bits per heavy atom. The lowest BCUT2D eigenvalue weighted by molar-refractivity contribution is 0.141. The van der Waals surface area contributed by atoms with Crippen LogP contribution in [0.2, 0.25) is 0 Å². The fourth-order valence-electron chi connectivity index (χ4n) is 3.43. The van der Waals surface area contributed by atoms with Crippen molar-refractivity contribution in [2.45, 2.75) is 31.3 Å². The van der Waals surface area contributed by atoms with Crippen LogP contribution in [0.3, 0.4) is 0 Å². The Morgan fingerprint density at radius 1 is 1.14 bits per heavy atom. The van der Waals surface area contributed by atoms with Crippen LogP contribution in [-0.2, 0) is 0 Å². The predicted molar refractivity (Wildman–Crippen MR) is 88.8 cm³/mol. The van der Waals surface area contributed by atoms with E-state index in [0.29, 0.717) is 6.04 Å². The van der Waals surface area contributed by atoms with Gasteiger partial charge in [0.05, 0.1) is 12.2 Å². The number of likely N-dealkylation sites (tertiary alicyclic amines) is 1. The van der Waals surface area contributed by atoms with Crippen molar-refractivity contribution in [1.29, 1.82) is 0 Å². The van der Waals surface area contributed by atoms with Crippen LogP contribution < -0.4 is 0 Å². The number of hydrogen-bond acceptors (Lipinski definition) is 5. The van der Waals surface area contributed by atoms with Crippen molar-refractivity contribution in [3.05, 3.63) is 30.7 Å². The Kier molecular flexibility index (Phi) is 4.12. The number of aromatic nitrogens is 4. The van der Waals surface area contributed by atoms with Gasteiger partial charge in [0.1, 0.15) is 5.69 Å². The molecule has 0 aliphatic carbocycles. The molecule has 116 valence electrons. The summed E-state index contributed by atoms with van der Waals surface area (Å²) < 4.78 is 2.06. The van der Waals surface area contributed by atoms with E-state index in [-0.39, 0.29) is 0 Å². The van der Waals surface area contributed by atoms with Gasteiger partial charge >= 0.3 is 0 Å². The summed E-state index contributed by atoms with van der Waals surface area (Å²) >= 11 is 2.10. The number of pyridine rings is 1. The van der Waals surface area contributed by atoms with Gasteiger partial charge in [-0.05, 0) is 37.1 Å². The van der Waals surface area contributed by atoms with Crippen molar-refractivity contribution in [1.82, 2.24) is 24.9 Å². The maximum atomic E-state index is 4.36. The number of nitrogens with zero attached hydrogens (tertiary/aromatic N) is 5. The monoisotopic (exact) mass is 315 g/mol. The molecule has 2 aromatic heterocycles. The third-order valence-corrected chi connectivity index (χ3v) is 5.91. The average molecular weight is 315 g/mol. The van der Waals surface area contributed by atoms with Crippen LogP contribution in [-0.4, -0.2) is 55.5 Å². The van der Waals surface area contributed by atoms with Gasteiger partial charge in [0, 0.05) is 42.8 Å². The van der Waals surface area contributed by atoms with E-state index in [1.54, 1.807) is 6.20 Å². The molecule has 2 fully saturated rings. The zero-order valence-electron chi connectivity index (χ0n) is 12.6. The Morgan fingerprint density at radius 3 is 2.77 bits per heavy atom. The molecule has 2 aliphatic rings. The maximum absolute atomic E-state index is 4.36. The molecule has 0 N–H and O–H groups in total. The summed E-state index contributed by atoms with van der Waals surface area (Å²) in [6.45, 7) is 2.38. The number of hydrogen-bond donors (Lipinski definition) is 0. The molecule has 4 heterocycles. The highest BCUT2D eigenvalue weighted by Crippen LogP contribution is 2.29. The van der Waals surface area contributed by atoms with E-state index in [0.717, 1.165) is 17.3 Å². The van der Waals surface area contributed by atoms with Gasteiger partial charge < -0.3 is 0 Å². The normalized spacial score (nSPS) is 23.9. The minimum Gasteiger partial charge on any atom is -0.299 e. The van der Waals surface area contributed by atoms with Crippen molar-refractivity contribution in [3.63, 3.8) is 0 Å². The molecule has 1 unspecified atom stereocenters. The van der Waals surface area contributed by atoms with Crippen LogP contribution in [0.4, 0.5) is 0 Å². The first-order chi connectivity index (χ1) is 10.9. The van der Waals surface area contributed by atoms with E-state index in [4.69, 9.17) is 0 Å².